The molecule has 1 aromatic carbocycles. The third kappa shape index (κ3) is 5.41. The average Bonchev–Trinajstić information content (AvgIpc) is 3.18. The van der Waals surface area contributed by atoms with Crippen molar-refractivity contribution in [1.82, 2.24) is 15.0 Å². The molecule has 0 atom stereocenters. The van der Waals surface area contributed by atoms with Crippen molar-refractivity contribution in [3.8, 4) is 17.0 Å². The van der Waals surface area contributed by atoms with Crippen LogP contribution in [0.15, 0.2) is 40.8 Å². The molecule has 0 aliphatic heterocycles. The number of phenols is 1. The van der Waals surface area contributed by atoms with Gasteiger partial charge >= 0.3 is 0 Å². The highest BCUT2D eigenvalue weighted by atomic mass is 32.2. The first-order chi connectivity index (χ1) is 15.8. The van der Waals surface area contributed by atoms with Crippen molar-refractivity contribution in [1.29, 1.82) is 0 Å². The fourth-order valence-corrected chi connectivity index (χ4v) is 4.85. The summed E-state index contributed by atoms with van der Waals surface area (Å²) in [6, 6.07) is 11.4. The lowest BCUT2D eigenvalue weighted by atomic mass is 10.0. The van der Waals surface area contributed by atoms with Crippen LogP contribution in [0.3, 0.4) is 0 Å². The van der Waals surface area contributed by atoms with Crippen molar-refractivity contribution in [2.45, 2.75) is 47.5 Å². The molecule has 4 rings (SSSR count). The molecule has 0 spiro atoms. The number of phenolic OH excluding ortho intramolecular Hbond substituents is 1. The Labute approximate surface area is 199 Å². The number of pyridine rings is 2. The third-order valence-electron chi connectivity index (χ3n) is 5.26. The van der Waals surface area contributed by atoms with E-state index < -0.39 is 0 Å². The Hall–Kier alpha value is -2.80. The number of anilines is 1. The smallest absolute Gasteiger partial charge is 0.195 e. The Morgan fingerprint density at radius 2 is 1.73 bits per heavy atom. The minimum atomic E-state index is 0.139. The predicted octanol–water partition coefficient (Wildman–Crippen LogP) is 6.66. The van der Waals surface area contributed by atoms with Gasteiger partial charge in [-0.25, -0.2) is 15.0 Å². The standard InChI is InChI=1S/C26H32N4O2S/c1-6-12-30(16-33-15-26(3,4)5)24-11-10-19-20(28-24)9-8-18(27-19)17-13-23-21(14-22(17)31)29-25(7-2)32-23/h8-11,13-14,31H,6-7,12,15-16H2,1-5H3. The first-order valence-corrected chi connectivity index (χ1v) is 12.7. The summed E-state index contributed by atoms with van der Waals surface area (Å²) in [5, 5.41) is 10.6. The third-order valence-corrected chi connectivity index (χ3v) is 6.82. The van der Waals surface area contributed by atoms with Crippen LogP contribution in [0.2, 0.25) is 0 Å². The number of rotatable bonds is 8. The molecular formula is C26H32N4O2S. The predicted molar refractivity (Wildman–Crippen MR) is 138 cm³/mol. The molecule has 0 radical (unpaired) electrons. The summed E-state index contributed by atoms with van der Waals surface area (Å²) < 4.78 is 5.77. The van der Waals surface area contributed by atoms with Gasteiger partial charge in [0.05, 0.1) is 22.6 Å². The van der Waals surface area contributed by atoms with Gasteiger partial charge in [0, 0.05) is 24.6 Å². The zero-order valence-electron chi connectivity index (χ0n) is 20.1. The summed E-state index contributed by atoms with van der Waals surface area (Å²) in [7, 11) is 0. The van der Waals surface area contributed by atoms with Gasteiger partial charge in [-0.05, 0) is 47.9 Å². The van der Waals surface area contributed by atoms with Crippen molar-refractivity contribution < 1.29 is 9.52 Å². The van der Waals surface area contributed by atoms with E-state index >= 15 is 0 Å². The van der Waals surface area contributed by atoms with Crippen LogP contribution in [-0.4, -0.2) is 38.2 Å². The average molecular weight is 465 g/mol. The number of thioether (sulfide) groups is 1. The molecule has 0 aliphatic rings. The lowest BCUT2D eigenvalue weighted by Crippen LogP contribution is -2.25. The molecular weight excluding hydrogens is 432 g/mol. The van der Waals surface area contributed by atoms with Gasteiger partial charge in [-0.15, -0.1) is 11.8 Å². The first kappa shape index (κ1) is 23.4. The van der Waals surface area contributed by atoms with Gasteiger partial charge in [-0.1, -0.05) is 34.6 Å². The Kier molecular flexibility index (Phi) is 6.79. The van der Waals surface area contributed by atoms with E-state index in [2.05, 4.69) is 37.6 Å². The first-order valence-electron chi connectivity index (χ1n) is 11.5. The molecule has 0 aliphatic carbocycles. The van der Waals surface area contributed by atoms with Crippen molar-refractivity contribution in [2.24, 2.45) is 5.41 Å². The van der Waals surface area contributed by atoms with Crippen LogP contribution in [0.5, 0.6) is 5.75 Å². The van der Waals surface area contributed by atoms with Gasteiger partial charge in [0.15, 0.2) is 11.5 Å². The largest absolute Gasteiger partial charge is 0.507 e. The van der Waals surface area contributed by atoms with Gasteiger partial charge in [-0.3, -0.25) is 0 Å². The molecule has 0 bridgehead atoms. The Bertz CT molecular complexity index is 1260. The summed E-state index contributed by atoms with van der Waals surface area (Å²) in [4.78, 5) is 16.4. The fourth-order valence-electron chi connectivity index (χ4n) is 3.67. The number of nitrogens with zero attached hydrogens (tertiary/aromatic N) is 4. The van der Waals surface area contributed by atoms with Gasteiger partial charge in [-0.2, -0.15) is 0 Å². The number of hydrogen-bond donors (Lipinski definition) is 1. The number of hydrogen-bond acceptors (Lipinski definition) is 7. The van der Waals surface area contributed by atoms with E-state index in [0.29, 0.717) is 40.1 Å². The van der Waals surface area contributed by atoms with Crippen molar-refractivity contribution >= 4 is 39.7 Å². The molecule has 174 valence electrons. The van der Waals surface area contributed by atoms with E-state index in [4.69, 9.17) is 14.4 Å². The van der Waals surface area contributed by atoms with Gasteiger partial charge in [0.25, 0.3) is 0 Å². The van der Waals surface area contributed by atoms with Crippen molar-refractivity contribution in [3.63, 3.8) is 0 Å². The van der Waals surface area contributed by atoms with Gasteiger partial charge < -0.3 is 14.4 Å². The second-order valence-electron chi connectivity index (χ2n) is 9.50. The highest BCUT2D eigenvalue weighted by Gasteiger charge is 2.15. The number of aromatic nitrogens is 3. The van der Waals surface area contributed by atoms with E-state index in [1.165, 1.54) is 0 Å². The zero-order valence-corrected chi connectivity index (χ0v) is 20.9. The quantitative estimate of drug-likeness (QED) is 0.292. The minimum absolute atomic E-state index is 0.139. The molecule has 0 fully saturated rings. The maximum atomic E-state index is 10.6. The minimum Gasteiger partial charge on any atom is -0.507 e. The molecule has 4 aromatic rings. The summed E-state index contributed by atoms with van der Waals surface area (Å²) in [5.74, 6) is 3.78. The topological polar surface area (TPSA) is 75.3 Å². The summed E-state index contributed by atoms with van der Waals surface area (Å²) in [5.41, 5.74) is 4.54. The number of aromatic hydroxyl groups is 1. The van der Waals surface area contributed by atoms with Crippen LogP contribution in [0.4, 0.5) is 5.82 Å². The SMILES string of the molecule is CCCN(CSCC(C)(C)C)c1ccc2nc(-c3cc4oc(CC)nc4cc3O)ccc2n1. The van der Waals surface area contributed by atoms with Crippen LogP contribution in [0.25, 0.3) is 33.4 Å². The van der Waals surface area contributed by atoms with Gasteiger partial charge in [0.2, 0.25) is 0 Å². The summed E-state index contributed by atoms with van der Waals surface area (Å²) >= 11 is 1.94. The van der Waals surface area contributed by atoms with E-state index in [1.54, 1.807) is 6.07 Å². The molecule has 6 nitrogen and oxygen atoms in total. The summed E-state index contributed by atoms with van der Waals surface area (Å²) in [6.45, 7) is 11.9. The van der Waals surface area contributed by atoms with E-state index in [9.17, 15) is 5.11 Å². The molecule has 0 saturated heterocycles. The van der Waals surface area contributed by atoms with E-state index in [-0.39, 0.29) is 5.75 Å². The van der Waals surface area contributed by atoms with Crippen LogP contribution < -0.4 is 4.90 Å². The lowest BCUT2D eigenvalue weighted by Gasteiger charge is -2.25. The molecule has 3 aromatic heterocycles. The monoisotopic (exact) mass is 464 g/mol. The number of oxazole rings is 1. The number of aryl methyl sites for hydroxylation is 1. The number of fused-ring (bicyclic) bond motifs is 2. The second-order valence-corrected chi connectivity index (χ2v) is 10.5. The Morgan fingerprint density at radius 3 is 2.45 bits per heavy atom. The summed E-state index contributed by atoms with van der Waals surface area (Å²) in [6.07, 6.45) is 1.77. The van der Waals surface area contributed by atoms with Crippen LogP contribution in [0, 0.1) is 5.41 Å². The Morgan fingerprint density at radius 1 is 0.970 bits per heavy atom. The van der Waals surface area contributed by atoms with Crippen molar-refractivity contribution in [2.75, 3.05) is 23.1 Å². The van der Waals surface area contributed by atoms with E-state index in [0.717, 1.165) is 41.4 Å². The molecule has 0 saturated carbocycles. The maximum Gasteiger partial charge on any atom is 0.195 e. The molecule has 1 N–H and O–H groups in total. The number of benzene rings is 1. The maximum absolute atomic E-state index is 10.6. The molecule has 7 heteroatoms. The lowest BCUT2D eigenvalue weighted by molar-refractivity contribution is 0.477. The Balaban J connectivity index is 1.62. The molecule has 0 amide bonds. The highest BCUT2D eigenvalue weighted by molar-refractivity contribution is 7.99. The van der Waals surface area contributed by atoms with Crippen LogP contribution in [0.1, 0.15) is 46.9 Å². The fraction of sp³-hybridized carbons (Fsp3) is 0.423. The molecule has 33 heavy (non-hydrogen) atoms. The van der Waals surface area contributed by atoms with Crippen LogP contribution >= 0.6 is 11.8 Å². The zero-order chi connectivity index (χ0) is 23.6. The van der Waals surface area contributed by atoms with Gasteiger partial charge in [0.1, 0.15) is 17.1 Å². The second kappa shape index (κ2) is 9.59. The van der Waals surface area contributed by atoms with Crippen molar-refractivity contribution in [3.05, 3.63) is 42.3 Å². The molecule has 0 unspecified atom stereocenters. The normalized spacial score (nSPS) is 12.0. The highest BCUT2D eigenvalue weighted by Crippen LogP contribution is 2.34. The van der Waals surface area contributed by atoms with E-state index in [1.807, 2.05) is 49.0 Å². The molecule has 3 heterocycles. The van der Waals surface area contributed by atoms with Crippen LogP contribution in [-0.2, 0) is 6.42 Å².